The topological polar surface area (TPSA) is 70.1 Å². The Labute approximate surface area is 90.5 Å². The summed E-state index contributed by atoms with van der Waals surface area (Å²) in [6.07, 6.45) is 0. The van der Waals surface area contributed by atoms with Crippen LogP contribution < -0.4 is 0 Å². The molecule has 0 spiro atoms. The van der Waals surface area contributed by atoms with Gasteiger partial charge in [-0.1, -0.05) is 0 Å². The monoisotopic (exact) mass is 238 g/mol. The van der Waals surface area contributed by atoms with Gasteiger partial charge in [0.05, 0.1) is 12.4 Å². The summed E-state index contributed by atoms with van der Waals surface area (Å²) in [6.45, 7) is 6.08. The van der Waals surface area contributed by atoms with Crippen LogP contribution in [0.3, 0.4) is 0 Å². The molecule has 0 aliphatic carbocycles. The van der Waals surface area contributed by atoms with Crippen molar-refractivity contribution < 1.29 is 17.8 Å². The summed E-state index contributed by atoms with van der Waals surface area (Å²) in [5.74, 6) is -0.193. The summed E-state index contributed by atoms with van der Waals surface area (Å²) in [5, 5.41) is 1.88. The molecule has 1 aliphatic rings. The van der Waals surface area contributed by atoms with Crippen LogP contribution in [-0.2, 0) is 15.0 Å². The number of piperazine rings is 1. The minimum Gasteiger partial charge on any atom is -0.300 e. The van der Waals surface area contributed by atoms with E-state index in [0.29, 0.717) is 13.2 Å². The van der Waals surface area contributed by atoms with Gasteiger partial charge in [0.2, 0.25) is 0 Å². The van der Waals surface area contributed by atoms with Crippen molar-refractivity contribution in [2.45, 2.75) is 6.92 Å². The summed E-state index contributed by atoms with van der Waals surface area (Å²) in [7, 11) is -3.83. The number of hydroxylamine groups is 2. The van der Waals surface area contributed by atoms with E-state index in [0.717, 1.165) is 26.2 Å². The van der Waals surface area contributed by atoms with Gasteiger partial charge in [-0.3, -0.25) is 14.3 Å². The van der Waals surface area contributed by atoms with Crippen molar-refractivity contribution in [2.24, 2.45) is 0 Å². The van der Waals surface area contributed by atoms with E-state index in [-0.39, 0.29) is 5.75 Å². The Bertz CT molecular complexity index is 272. The van der Waals surface area contributed by atoms with Crippen LogP contribution in [-0.4, -0.2) is 68.0 Å². The molecule has 7 heteroatoms. The van der Waals surface area contributed by atoms with Gasteiger partial charge in [0, 0.05) is 32.7 Å². The highest BCUT2D eigenvalue weighted by molar-refractivity contribution is 7.85. The Morgan fingerprint density at radius 2 is 1.87 bits per heavy atom. The second-order valence-electron chi connectivity index (χ2n) is 3.47. The number of hydrogen-bond donors (Lipinski definition) is 1. The molecular weight excluding hydrogens is 220 g/mol. The van der Waals surface area contributed by atoms with Gasteiger partial charge in [0.15, 0.2) is 0 Å². The molecule has 1 heterocycles. The maximum absolute atomic E-state index is 10.5. The van der Waals surface area contributed by atoms with Gasteiger partial charge in [-0.25, -0.2) is 0 Å². The van der Waals surface area contributed by atoms with Crippen LogP contribution in [0.25, 0.3) is 0 Å². The molecule has 1 saturated heterocycles. The minimum absolute atomic E-state index is 0.193. The van der Waals surface area contributed by atoms with E-state index in [2.05, 4.69) is 0 Å². The lowest BCUT2D eigenvalue weighted by Crippen LogP contribution is -2.47. The summed E-state index contributed by atoms with van der Waals surface area (Å²) < 4.78 is 29.7. The van der Waals surface area contributed by atoms with Crippen LogP contribution in [0, 0.1) is 0 Å². The van der Waals surface area contributed by atoms with Crippen molar-refractivity contribution in [3.05, 3.63) is 0 Å². The van der Waals surface area contributed by atoms with Crippen LogP contribution in [0.2, 0.25) is 0 Å². The lowest BCUT2D eigenvalue weighted by atomic mass is 10.3. The van der Waals surface area contributed by atoms with E-state index >= 15 is 0 Å². The Kier molecular flexibility index (Phi) is 4.94. The third-order valence-corrected chi connectivity index (χ3v) is 3.01. The van der Waals surface area contributed by atoms with Gasteiger partial charge in [0.25, 0.3) is 10.1 Å². The van der Waals surface area contributed by atoms with E-state index in [9.17, 15) is 8.42 Å². The molecule has 0 bridgehead atoms. The van der Waals surface area contributed by atoms with Crippen molar-refractivity contribution in [2.75, 3.05) is 45.1 Å². The summed E-state index contributed by atoms with van der Waals surface area (Å²) in [4.78, 5) is 7.32. The van der Waals surface area contributed by atoms with Crippen LogP contribution >= 0.6 is 0 Å². The Hall–Kier alpha value is -0.210. The zero-order valence-corrected chi connectivity index (χ0v) is 9.74. The first-order valence-corrected chi connectivity index (χ1v) is 6.67. The Balaban J connectivity index is 2.20. The van der Waals surface area contributed by atoms with Crippen molar-refractivity contribution in [3.8, 4) is 0 Å². The smallest absolute Gasteiger partial charge is 0.266 e. The molecule has 6 nitrogen and oxygen atoms in total. The Morgan fingerprint density at radius 1 is 1.27 bits per heavy atom. The third-order valence-electron chi connectivity index (χ3n) is 2.31. The molecule has 0 atom stereocenters. The van der Waals surface area contributed by atoms with Gasteiger partial charge < -0.3 is 0 Å². The first-order chi connectivity index (χ1) is 7.01. The van der Waals surface area contributed by atoms with Crippen molar-refractivity contribution in [1.82, 2.24) is 9.96 Å². The lowest BCUT2D eigenvalue weighted by molar-refractivity contribution is -0.172. The van der Waals surface area contributed by atoms with Crippen LogP contribution in [0.15, 0.2) is 0 Å². The van der Waals surface area contributed by atoms with Crippen molar-refractivity contribution in [1.29, 1.82) is 0 Å². The lowest BCUT2D eigenvalue weighted by Gasteiger charge is -2.33. The fourth-order valence-electron chi connectivity index (χ4n) is 1.51. The molecule has 0 amide bonds. The van der Waals surface area contributed by atoms with Gasteiger partial charge in [-0.05, 0) is 6.92 Å². The molecule has 15 heavy (non-hydrogen) atoms. The zero-order chi connectivity index (χ0) is 11.3. The molecule has 1 aliphatic heterocycles. The molecule has 1 fully saturated rings. The molecule has 90 valence electrons. The van der Waals surface area contributed by atoms with Crippen LogP contribution in [0.1, 0.15) is 6.92 Å². The second-order valence-corrected chi connectivity index (χ2v) is 5.05. The number of hydrogen-bond acceptors (Lipinski definition) is 5. The molecule has 1 rings (SSSR count). The third kappa shape index (κ3) is 5.43. The molecule has 1 N–H and O–H groups in total. The fourth-order valence-corrected chi connectivity index (χ4v) is 2.00. The predicted molar refractivity (Wildman–Crippen MR) is 56.1 cm³/mol. The molecule has 0 aromatic heterocycles. The van der Waals surface area contributed by atoms with Gasteiger partial charge in [-0.2, -0.15) is 13.5 Å². The summed E-state index contributed by atoms with van der Waals surface area (Å²) in [6, 6.07) is 0. The average Bonchev–Trinajstić information content (AvgIpc) is 2.16. The van der Waals surface area contributed by atoms with Gasteiger partial charge >= 0.3 is 0 Å². The molecule has 0 unspecified atom stereocenters. The SMILES string of the molecule is CCON1CCN(CCS(=O)(=O)O)CC1. The highest BCUT2D eigenvalue weighted by Gasteiger charge is 2.18. The van der Waals surface area contributed by atoms with E-state index in [1.165, 1.54) is 0 Å². The van der Waals surface area contributed by atoms with E-state index < -0.39 is 10.1 Å². The summed E-state index contributed by atoms with van der Waals surface area (Å²) >= 11 is 0. The maximum atomic E-state index is 10.5. The minimum atomic E-state index is -3.83. The summed E-state index contributed by atoms with van der Waals surface area (Å²) in [5.41, 5.74) is 0. The molecular formula is C8H18N2O4S. The maximum Gasteiger partial charge on any atom is 0.266 e. The normalized spacial score (nSPS) is 20.7. The first-order valence-electron chi connectivity index (χ1n) is 5.06. The average molecular weight is 238 g/mol. The molecule has 0 radical (unpaired) electrons. The van der Waals surface area contributed by atoms with Crippen LogP contribution in [0.5, 0.6) is 0 Å². The standard InChI is InChI=1S/C8H18N2O4S/c1-2-14-10-5-3-9(4-6-10)7-8-15(11,12)13/h2-8H2,1H3,(H,11,12,13). The largest absolute Gasteiger partial charge is 0.300 e. The zero-order valence-electron chi connectivity index (χ0n) is 8.92. The molecule has 0 saturated carbocycles. The fraction of sp³-hybridized carbons (Fsp3) is 1.00. The van der Waals surface area contributed by atoms with E-state index in [1.807, 2.05) is 16.9 Å². The predicted octanol–water partition coefficient (Wildman–Crippen LogP) is -0.557. The van der Waals surface area contributed by atoms with E-state index in [1.54, 1.807) is 0 Å². The quantitative estimate of drug-likeness (QED) is 0.648. The van der Waals surface area contributed by atoms with Gasteiger partial charge in [0.1, 0.15) is 0 Å². The number of nitrogens with zero attached hydrogens (tertiary/aromatic N) is 2. The van der Waals surface area contributed by atoms with E-state index in [4.69, 9.17) is 9.39 Å². The van der Waals surface area contributed by atoms with Crippen molar-refractivity contribution >= 4 is 10.1 Å². The number of rotatable bonds is 5. The highest BCUT2D eigenvalue weighted by atomic mass is 32.2. The first kappa shape index (κ1) is 12.9. The van der Waals surface area contributed by atoms with Crippen LogP contribution in [0.4, 0.5) is 0 Å². The molecule has 0 aromatic carbocycles. The highest BCUT2D eigenvalue weighted by Crippen LogP contribution is 2.02. The second kappa shape index (κ2) is 5.76. The Morgan fingerprint density at radius 3 is 2.33 bits per heavy atom. The van der Waals surface area contributed by atoms with Crippen molar-refractivity contribution in [3.63, 3.8) is 0 Å². The molecule has 0 aromatic rings. The van der Waals surface area contributed by atoms with Gasteiger partial charge in [-0.15, -0.1) is 0 Å².